The first-order valence-corrected chi connectivity index (χ1v) is 11.3. The Balaban J connectivity index is 1.61. The van der Waals surface area contributed by atoms with Crippen molar-refractivity contribution in [3.8, 4) is 17.2 Å². The number of halogens is 1. The highest BCUT2D eigenvalue weighted by atomic mass is 35.5. The molecule has 0 unspecified atom stereocenters. The van der Waals surface area contributed by atoms with Crippen molar-refractivity contribution in [3.05, 3.63) is 77.3 Å². The second-order valence-corrected chi connectivity index (χ2v) is 8.56. The van der Waals surface area contributed by atoms with Gasteiger partial charge in [0.1, 0.15) is 23.2 Å². The molecule has 0 aromatic heterocycles. The van der Waals surface area contributed by atoms with Crippen molar-refractivity contribution >= 4 is 34.8 Å². The van der Waals surface area contributed by atoms with Gasteiger partial charge in [-0.25, -0.2) is 9.96 Å². The predicted molar refractivity (Wildman–Crippen MR) is 130 cm³/mol. The first-order valence-electron chi connectivity index (χ1n) is 10.9. The van der Waals surface area contributed by atoms with E-state index in [0.717, 1.165) is 0 Å². The molecule has 2 aliphatic rings. The molecule has 0 saturated carbocycles. The van der Waals surface area contributed by atoms with Crippen LogP contribution in [0.25, 0.3) is 0 Å². The van der Waals surface area contributed by atoms with Crippen molar-refractivity contribution in [1.29, 1.82) is 0 Å². The number of rotatable bonds is 6. The Hall–Kier alpha value is -3.75. The van der Waals surface area contributed by atoms with Crippen molar-refractivity contribution < 1.29 is 28.6 Å². The average Bonchev–Trinajstić information content (AvgIpc) is 3.39. The summed E-state index contributed by atoms with van der Waals surface area (Å²) in [5.74, 6) is 0.0299. The van der Waals surface area contributed by atoms with Crippen LogP contribution < -0.4 is 24.2 Å². The lowest BCUT2D eigenvalue weighted by atomic mass is 9.90. The quantitative estimate of drug-likeness (QED) is 0.469. The summed E-state index contributed by atoms with van der Waals surface area (Å²) in [5.41, 5.74) is 1.76. The van der Waals surface area contributed by atoms with Crippen molar-refractivity contribution in [2.75, 3.05) is 31.3 Å². The summed E-state index contributed by atoms with van der Waals surface area (Å²) in [7, 11) is 4.64. The largest absolute Gasteiger partial charge is 0.497 e. The molecular formula is C26H23ClN2O6. The standard InChI is InChI=1S/C26H23ClN2O6/c1-32-18-6-4-5-17(13-18)28-25(30)22-23(20-12-11-19(33-2)14-21(20)34-3)29(35-24(22)26(28)31)16-9-7-15(27)8-10-16/h4-14,22-24H,1-3H3/t22-,23-,24+/m0/s1. The summed E-state index contributed by atoms with van der Waals surface area (Å²) in [6, 6.07) is 18.5. The molecule has 3 aromatic carbocycles. The first kappa shape index (κ1) is 23.0. The Kier molecular flexibility index (Phi) is 6.00. The van der Waals surface area contributed by atoms with Crippen LogP contribution in [0.2, 0.25) is 5.02 Å². The van der Waals surface area contributed by atoms with Gasteiger partial charge in [0.25, 0.3) is 5.91 Å². The van der Waals surface area contributed by atoms with E-state index in [1.165, 1.54) is 12.0 Å². The Morgan fingerprint density at radius 2 is 1.51 bits per heavy atom. The number of carbonyl (C=O) groups excluding carboxylic acids is 2. The maximum Gasteiger partial charge on any atom is 0.266 e. The van der Waals surface area contributed by atoms with Gasteiger partial charge in [0, 0.05) is 22.7 Å². The van der Waals surface area contributed by atoms with Crippen LogP contribution >= 0.6 is 11.6 Å². The van der Waals surface area contributed by atoms with E-state index < -0.39 is 24.0 Å². The molecule has 180 valence electrons. The van der Waals surface area contributed by atoms with Crippen LogP contribution in [0.4, 0.5) is 11.4 Å². The summed E-state index contributed by atoms with van der Waals surface area (Å²) < 4.78 is 16.3. The molecule has 2 heterocycles. The highest BCUT2D eigenvalue weighted by Crippen LogP contribution is 2.50. The molecule has 9 heteroatoms. The third-order valence-electron chi connectivity index (χ3n) is 6.27. The molecule has 2 aliphatic heterocycles. The molecule has 0 N–H and O–H groups in total. The highest BCUT2D eigenvalue weighted by molar-refractivity contribution is 6.30. The number of methoxy groups -OCH3 is 3. The van der Waals surface area contributed by atoms with Crippen molar-refractivity contribution in [2.24, 2.45) is 5.92 Å². The number of benzene rings is 3. The number of nitrogens with zero attached hydrogens (tertiary/aromatic N) is 2. The fraction of sp³-hybridized carbons (Fsp3) is 0.231. The van der Waals surface area contributed by atoms with Crippen LogP contribution in [0.3, 0.4) is 0 Å². The molecule has 5 rings (SSSR count). The van der Waals surface area contributed by atoms with Gasteiger partial charge in [-0.2, -0.15) is 0 Å². The van der Waals surface area contributed by atoms with Gasteiger partial charge >= 0.3 is 0 Å². The van der Waals surface area contributed by atoms with Crippen LogP contribution in [-0.4, -0.2) is 39.2 Å². The van der Waals surface area contributed by atoms with Gasteiger partial charge in [0.05, 0.1) is 38.7 Å². The van der Waals surface area contributed by atoms with Crippen LogP contribution in [0.15, 0.2) is 66.7 Å². The van der Waals surface area contributed by atoms with Crippen LogP contribution in [0.5, 0.6) is 17.2 Å². The maximum atomic E-state index is 13.8. The number of hydrogen-bond acceptors (Lipinski definition) is 7. The van der Waals surface area contributed by atoms with Gasteiger partial charge in [-0.1, -0.05) is 17.7 Å². The molecule has 8 nitrogen and oxygen atoms in total. The molecule has 2 amide bonds. The zero-order valence-electron chi connectivity index (χ0n) is 19.3. The van der Waals surface area contributed by atoms with E-state index in [2.05, 4.69) is 0 Å². The molecule has 2 saturated heterocycles. The minimum atomic E-state index is -1.01. The van der Waals surface area contributed by atoms with Gasteiger partial charge in [-0.3, -0.25) is 14.4 Å². The molecule has 3 aromatic rings. The van der Waals surface area contributed by atoms with Crippen LogP contribution in [-0.2, 0) is 14.4 Å². The summed E-state index contributed by atoms with van der Waals surface area (Å²) in [6.07, 6.45) is -1.01. The Morgan fingerprint density at radius 3 is 2.20 bits per heavy atom. The Labute approximate surface area is 207 Å². The van der Waals surface area contributed by atoms with Crippen molar-refractivity contribution in [1.82, 2.24) is 0 Å². The second-order valence-electron chi connectivity index (χ2n) is 8.12. The number of amides is 2. The van der Waals surface area contributed by atoms with E-state index in [9.17, 15) is 9.59 Å². The molecule has 2 fully saturated rings. The van der Waals surface area contributed by atoms with E-state index in [-0.39, 0.29) is 5.91 Å². The summed E-state index contributed by atoms with van der Waals surface area (Å²) in [4.78, 5) is 34.7. The third-order valence-corrected chi connectivity index (χ3v) is 6.52. The van der Waals surface area contributed by atoms with E-state index in [4.69, 9.17) is 30.6 Å². The second kappa shape index (κ2) is 9.13. The molecule has 3 atom stereocenters. The summed E-state index contributed by atoms with van der Waals surface area (Å²) in [5, 5.41) is 2.15. The number of anilines is 2. The minimum absolute atomic E-state index is 0.368. The first-order chi connectivity index (χ1) is 17.0. The molecule has 0 radical (unpaired) electrons. The van der Waals surface area contributed by atoms with Gasteiger partial charge in [0.15, 0.2) is 6.10 Å². The number of ether oxygens (including phenoxy) is 3. The van der Waals surface area contributed by atoms with Crippen LogP contribution in [0, 0.1) is 5.92 Å². The monoisotopic (exact) mass is 494 g/mol. The van der Waals surface area contributed by atoms with Gasteiger partial charge < -0.3 is 14.2 Å². The number of fused-ring (bicyclic) bond motifs is 1. The summed E-state index contributed by atoms with van der Waals surface area (Å²) in [6.45, 7) is 0. The molecule has 0 spiro atoms. The fourth-order valence-electron chi connectivity index (χ4n) is 4.61. The molecule has 35 heavy (non-hydrogen) atoms. The summed E-state index contributed by atoms with van der Waals surface area (Å²) >= 11 is 6.09. The third kappa shape index (κ3) is 3.84. The van der Waals surface area contributed by atoms with Gasteiger partial charge in [-0.05, 0) is 48.5 Å². The van der Waals surface area contributed by atoms with Gasteiger partial charge in [-0.15, -0.1) is 0 Å². The minimum Gasteiger partial charge on any atom is -0.497 e. The van der Waals surface area contributed by atoms with Crippen molar-refractivity contribution in [3.63, 3.8) is 0 Å². The Morgan fingerprint density at radius 1 is 0.800 bits per heavy atom. The SMILES string of the molecule is COc1cccc(N2C(=O)[C@@H]3[C@@H](ON(c4ccc(Cl)cc4)[C@H]3c3ccc(OC)cc3OC)C2=O)c1. The highest BCUT2D eigenvalue weighted by Gasteiger charge is 2.60. The molecule has 0 aliphatic carbocycles. The lowest BCUT2D eigenvalue weighted by molar-refractivity contribution is -0.126. The van der Waals surface area contributed by atoms with E-state index in [0.29, 0.717) is 39.2 Å². The zero-order valence-corrected chi connectivity index (χ0v) is 20.1. The number of hydrogen-bond donors (Lipinski definition) is 0. The van der Waals surface area contributed by atoms with Crippen molar-refractivity contribution in [2.45, 2.75) is 12.1 Å². The lowest BCUT2D eigenvalue weighted by Crippen LogP contribution is -2.37. The molecule has 0 bridgehead atoms. The maximum absolute atomic E-state index is 13.8. The Bertz CT molecular complexity index is 1280. The number of imide groups is 1. The van der Waals surface area contributed by atoms with E-state index in [1.807, 2.05) is 6.07 Å². The number of hydroxylamine groups is 1. The predicted octanol–water partition coefficient (Wildman–Crippen LogP) is 4.42. The average molecular weight is 495 g/mol. The molecular weight excluding hydrogens is 472 g/mol. The number of carbonyl (C=O) groups is 2. The van der Waals surface area contributed by atoms with Crippen LogP contribution in [0.1, 0.15) is 11.6 Å². The van der Waals surface area contributed by atoms with E-state index in [1.54, 1.807) is 79.9 Å². The lowest BCUT2D eigenvalue weighted by Gasteiger charge is -2.29. The topological polar surface area (TPSA) is 77.5 Å². The van der Waals surface area contributed by atoms with E-state index >= 15 is 0 Å². The fourth-order valence-corrected chi connectivity index (χ4v) is 4.74. The smallest absolute Gasteiger partial charge is 0.266 e. The van der Waals surface area contributed by atoms with Gasteiger partial charge in [0.2, 0.25) is 5.91 Å². The zero-order chi connectivity index (χ0) is 24.7. The normalized spacial score (nSPS) is 21.3.